The summed E-state index contributed by atoms with van der Waals surface area (Å²) in [6.45, 7) is 5.01. The molecule has 0 aromatic rings. The smallest absolute Gasteiger partial charge is 0.320 e. The summed E-state index contributed by atoms with van der Waals surface area (Å²) in [5, 5.41) is 17.5. The maximum atomic E-state index is 10.7. The zero-order chi connectivity index (χ0) is 11.4. The van der Waals surface area contributed by atoms with E-state index in [1.165, 1.54) is 6.92 Å². The lowest BCUT2D eigenvalue weighted by atomic mass is 9.85. The van der Waals surface area contributed by atoms with Crippen molar-refractivity contribution >= 4 is 11.9 Å². The molecule has 0 aliphatic heterocycles. The van der Waals surface area contributed by atoms with E-state index in [0.717, 1.165) is 5.57 Å². The average molecular weight is 200 g/mol. The van der Waals surface area contributed by atoms with Crippen molar-refractivity contribution < 1.29 is 19.8 Å². The minimum Gasteiger partial charge on any atom is -0.480 e. The van der Waals surface area contributed by atoms with Gasteiger partial charge in [-0.05, 0) is 33.6 Å². The van der Waals surface area contributed by atoms with Crippen molar-refractivity contribution in [1.29, 1.82) is 0 Å². The zero-order valence-corrected chi connectivity index (χ0v) is 8.70. The summed E-state index contributed by atoms with van der Waals surface area (Å²) in [6.07, 6.45) is 2.42. The van der Waals surface area contributed by atoms with E-state index >= 15 is 0 Å². The van der Waals surface area contributed by atoms with Crippen LogP contribution in [-0.2, 0) is 9.59 Å². The second kappa shape index (κ2) is 4.79. The van der Waals surface area contributed by atoms with Gasteiger partial charge in [-0.2, -0.15) is 0 Å². The molecule has 0 heterocycles. The zero-order valence-electron chi connectivity index (χ0n) is 8.70. The molecule has 0 rings (SSSR count). The Kier molecular flexibility index (Phi) is 4.34. The molecule has 0 aliphatic rings. The lowest BCUT2D eigenvalue weighted by Gasteiger charge is -2.18. The number of rotatable bonds is 5. The van der Waals surface area contributed by atoms with Crippen LogP contribution >= 0.6 is 0 Å². The Balaban J connectivity index is 4.48. The first-order valence-corrected chi connectivity index (χ1v) is 4.41. The molecule has 0 saturated heterocycles. The second-order valence-corrected chi connectivity index (χ2v) is 3.76. The molecule has 0 aliphatic carbocycles. The van der Waals surface area contributed by atoms with Crippen LogP contribution in [0.1, 0.15) is 33.6 Å². The molecular weight excluding hydrogens is 184 g/mol. The van der Waals surface area contributed by atoms with Crippen LogP contribution in [0.2, 0.25) is 0 Å². The van der Waals surface area contributed by atoms with E-state index < -0.39 is 17.4 Å². The summed E-state index contributed by atoms with van der Waals surface area (Å²) in [4.78, 5) is 21.5. The first kappa shape index (κ1) is 12.7. The van der Waals surface area contributed by atoms with Crippen molar-refractivity contribution in [3.63, 3.8) is 0 Å². The number of carboxylic acid groups (broad SMARTS) is 2. The van der Waals surface area contributed by atoms with Gasteiger partial charge in [-0.1, -0.05) is 11.6 Å². The molecule has 2 N–H and O–H groups in total. The highest BCUT2D eigenvalue weighted by atomic mass is 16.4. The van der Waals surface area contributed by atoms with Gasteiger partial charge in [0.1, 0.15) is 0 Å². The summed E-state index contributed by atoms with van der Waals surface area (Å²) in [6, 6.07) is 0. The maximum absolute atomic E-state index is 10.7. The van der Waals surface area contributed by atoms with E-state index in [9.17, 15) is 9.59 Å². The number of hydrogen-bond donors (Lipinski definition) is 2. The first-order valence-electron chi connectivity index (χ1n) is 4.41. The molecule has 14 heavy (non-hydrogen) atoms. The Hall–Kier alpha value is -1.32. The molecule has 0 saturated carbocycles. The molecule has 80 valence electrons. The Morgan fingerprint density at radius 1 is 1.21 bits per heavy atom. The molecule has 0 atom stereocenters. The van der Waals surface area contributed by atoms with Crippen molar-refractivity contribution in [3.05, 3.63) is 11.6 Å². The van der Waals surface area contributed by atoms with Gasteiger partial charge in [0.25, 0.3) is 0 Å². The second-order valence-electron chi connectivity index (χ2n) is 3.76. The minimum absolute atomic E-state index is 0.114. The van der Waals surface area contributed by atoms with Gasteiger partial charge < -0.3 is 10.2 Å². The van der Waals surface area contributed by atoms with Crippen LogP contribution in [0.15, 0.2) is 11.6 Å². The van der Waals surface area contributed by atoms with Gasteiger partial charge in [0.2, 0.25) is 0 Å². The van der Waals surface area contributed by atoms with Crippen molar-refractivity contribution in [1.82, 2.24) is 0 Å². The normalized spacial score (nSPS) is 10.8. The lowest BCUT2D eigenvalue weighted by molar-refractivity contribution is -0.163. The molecule has 0 amide bonds. The number of hydrogen-bond acceptors (Lipinski definition) is 2. The van der Waals surface area contributed by atoms with Crippen LogP contribution in [0, 0.1) is 5.41 Å². The van der Waals surface area contributed by atoms with E-state index in [2.05, 4.69) is 0 Å². The highest BCUT2D eigenvalue weighted by Gasteiger charge is 2.40. The van der Waals surface area contributed by atoms with E-state index in [0.29, 0.717) is 6.42 Å². The Morgan fingerprint density at radius 3 is 1.93 bits per heavy atom. The standard InChI is InChI=1S/C10H16O4/c1-7(2)5-4-6-10(3,8(11)12)9(13)14/h5H,4,6H2,1-3H3,(H,11,12)(H,13,14). The maximum Gasteiger partial charge on any atom is 0.320 e. The predicted octanol–water partition coefficient (Wildman–Crippen LogP) is 1.91. The topological polar surface area (TPSA) is 74.6 Å². The van der Waals surface area contributed by atoms with Crippen LogP contribution in [0.4, 0.5) is 0 Å². The monoisotopic (exact) mass is 200 g/mol. The minimum atomic E-state index is -1.67. The van der Waals surface area contributed by atoms with Crippen LogP contribution in [0.25, 0.3) is 0 Å². The van der Waals surface area contributed by atoms with E-state index in [-0.39, 0.29) is 6.42 Å². The summed E-state index contributed by atoms with van der Waals surface area (Å²) in [5.41, 5.74) is -0.616. The molecule has 4 heteroatoms. The highest BCUT2D eigenvalue weighted by Crippen LogP contribution is 2.24. The largest absolute Gasteiger partial charge is 0.480 e. The van der Waals surface area contributed by atoms with Gasteiger partial charge in [0, 0.05) is 0 Å². The third-order valence-corrected chi connectivity index (χ3v) is 2.14. The fourth-order valence-corrected chi connectivity index (χ4v) is 0.955. The summed E-state index contributed by atoms with van der Waals surface area (Å²) >= 11 is 0. The molecule has 4 nitrogen and oxygen atoms in total. The van der Waals surface area contributed by atoms with E-state index in [4.69, 9.17) is 10.2 Å². The molecule has 0 radical (unpaired) electrons. The number of carbonyl (C=O) groups is 2. The van der Waals surface area contributed by atoms with Gasteiger partial charge in [-0.3, -0.25) is 9.59 Å². The summed E-state index contributed by atoms with van der Waals surface area (Å²) in [7, 11) is 0. The van der Waals surface area contributed by atoms with Crippen LogP contribution in [0.3, 0.4) is 0 Å². The average Bonchev–Trinajstić information content (AvgIpc) is 2.02. The molecule has 0 bridgehead atoms. The Morgan fingerprint density at radius 2 is 1.64 bits per heavy atom. The number of aliphatic carboxylic acids is 2. The van der Waals surface area contributed by atoms with E-state index in [1.807, 2.05) is 19.9 Å². The van der Waals surface area contributed by atoms with Gasteiger partial charge in [0.15, 0.2) is 5.41 Å². The fourth-order valence-electron chi connectivity index (χ4n) is 0.955. The van der Waals surface area contributed by atoms with Crippen molar-refractivity contribution in [3.8, 4) is 0 Å². The van der Waals surface area contributed by atoms with Gasteiger partial charge >= 0.3 is 11.9 Å². The number of allylic oxidation sites excluding steroid dienone is 2. The number of carboxylic acids is 2. The van der Waals surface area contributed by atoms with Gasteiger partial charge in [-0.25, -0.2) is 0 Å². The lowest BCUT2D eigenvalue weighted by Crippen LogP contribution is -2.36. The Bertz CT molecular complexity index is 247. The molecule has 0 spiro atoms. The molecule has 0 unspecified atom stereocenters. The summed E-state index contributed by atoms with van der Waals surface area (Å²) < 4.78 is 0. The fraction of sp³-hybridized carbons (Fsp3) is 0.600. The summed E-state index contributed by atoms with van der Waals surface area (Å²) in [5.74, 6) is -2.57. The third-order valence-electron chi connectivity index (χ3n) is 2.14. The molecule has 0 aromatic carbocycles. The van der Waals surface area contributed by atoms with E-state index in [1.54, 1.807) is 0 Å². The molecule has 0 fully saturated rings. The SMILES string of the molecule is CC(C)=CCCC(C)(C(=O)O)C(=O)O. The van der Waals surface area contributed by atoms with Crippen LogP contribution in [-0.4, -0.2) is 22.2 Å². The van der Waals surface area contributed by atoms with Gasteiger partial charge in [0.05, 0.1) is 0 Å². The molecule has 0 aromatic heterocycles. The highest BCUT2D eigenvalue weighted by molar-refractivity contribution is 5.97. The van der Waals surface area contributed by atoms with Crippen LogP contribution < -0.4 is 0 Å². The third kappa shape index (κ3) is 3.20. The van der Waals surface area contributed by atoms with Crippen molar-refractivity contribution in [2.45, 2.75) is 33.6 Å². The predicted molar refractivity (Wildman–Crippen MR) is 52.0 cm³/mol. The van der Waals surface area contributed by atoms with Crippen LogP contribution in [0.5, 0.6) is 0 Å². The van der Waals surface area contributed by atoms with Crippen molar-refractivity contribution in [2.75, 3.05) is 0 Å². The van der Waals surface area contributed by atoms with Crippen molar-refractivity contribution in [2.24, 2.45) is 5.41 Å². The Labute approximate surface area is 83.2 Å². The van der Waals surface area contributed by atoms with Gasteiger partial charge in [-0.15, -0.1) is 0 Å². The molecular formula is C10H16O4. The quantitative estimate of drug-likeness (QED) is 0.525. The first-order chi connectivity index (χ1) is 6.30.